The Kier molecular flexibility index (Phi) is 3.38. The maximum atomic E-state index is 12.2. The molecule has 100 valence electrons. The first-order chi connectivity index (χ1) is 8.49. The summed E-state index contributed by atoms with van der Waals surface area (Å²) in [5.41, 5.74) is 0. The molecule has 0 aromatic carbocycles. The van der Waals surface area contributed by atoms with Gasteiger partial charge in [-0.3, -0.25) is 19.4 Å². The lowest BCUT2D eigenvalue weighted by molar-refractivity contribution is -0.150. The molecule has 6 nitrogen and oxygen atoms in total. The third-order valence-corrected chi connectivity index (χ3v) is 4.11. The van der Waals surface area contributed by atoms with Crippen LogP contribution in [0.1, 0.15) is 13.3 Å². The Morgan fingerprint density at radius 2 is 1.67 bits per heavy atom. The maximum Gasteiger partial charge on any atom is 0.332 e. The van der Waals surface area contributed by atoms with Crippen LogP contribution >= 0.6 is 0 Å². The zero-order chi connectivity index (χ0) is 13.4. The molecule has 0 saturated carbocycles. The molecule has 0 aromatic rings. The second-order valence-corrected chi connectivity index (χ2v) is 5.05. The summed E-state index contributed by atoms with van der Waals surface area (Å²) in [4.78, 5) is 38.1. The van der Waals surface area contributed by atoms with Crippen molar-refractivity contribution in [2.45, 2.75) is 13.3 Å². The first kappa shape index (κ1) is 13.0. The Bertz CT molecular complexity index is 372. The summed E-state index contributed by atoms with van der Waals surface area (Å²) in [6.07, 6.45) is 0.927. The first-order valence-electron chi connectivity index (χ1n) is 6.28. The number of amides is 4. The molecule has 2 atom stereocenters. The van der Waals surface area contributed by atoms with Gasteiger partial charge in [-0.15, -0.1) is 0 Å². The summed E-state index contributed by atoms with van der Waals surface area (Å²) < 4.78 is 0. The topological polar surface area (TPSA) is 69.7 Å². The van der Waals surface area contributed by atoms with Crippen LogP contribution in [0.3, 0.4) is 0 Å². The van der Waals surface area contributed by atoms with Crippen LogP contribution in [0.15, 0.2) is 0 Å². The molecule has 0 spiro atoms. The molecule has 2 aliphatic heterocycles. The lowest BCUT2D eigenvalue weighted by Gasteiger charge is -2.36. The molecule has 2 unspecified atom stereocenters. The van der Waals surface area contributed by atoms with E-state index in [-0.39, 0.29) is 17.7 Å². The number of barbiturate groups is 1. The number of urea groups is 1. The van der Waals surface area contributed by atoms with Gasteiger partial charge < -0.3 is 5.32 Å². The number of nitrogens with one attached hydrogen (secondary N) is 1. The average Bonchev–Trinajstić information content (AvgIpc) is 2.82. The summed E-state index contributed by atoms with van der Waals surface area (Å²) in [7, 11) is 2.87. The largest absolute Gasteiger partial charge is 0.332 e. The van der Waals surface area contributed by atoms with E-state index in [0.717, 1.165) is 22.8 Å². The quantitative estimate of drug-likeness (QED) is 0.698. The molecule has 2 fully saturated rings. The SMILES string of the molecule is CCC1CNCC1C1C(=O)N(C)C(=O)N(C)C1=O. The van der Waals surface area contributed by atoms with Crippen molar-refractivity contribution in [3.05, 3.63) is 0 Å². The van der Waals surface area contributed by atoms with Crippen molar-refractivity contribution >= 4 is 17.8 Å². The number of hydrogen-bond donors (Lipinski definition) is 1. The Balaban J connectivity index is 2.28. The highest BCUT2D eigenvalue weighted by atomic mass is 16.2. The minimum Gasteiger partial charge on any atom is -0.316 e. The standard InChI is InChI=1S/C12H19N3O3/c1-4-7-5-13-6-8(7)9-10(16)14(2)12(18)15(3)11(9)17/h7-9,13H,4-6H2,1-3H3. The van der Waals surface area contributed by atoms with Crippen LogP contribution in [-0.2, 0) is 9.59 Å². The van der Waals surface area contributed by atoms with E-state index in [1.54, 1.807) is 0 Å². The van der Waals surface area contributed by atoms with E-state index in [9.17, 15) is 14.4 Å². The van der Waals surface area contributed by atoms with Crippen molar-refractivity contribution in [2.75, 3.05) is 27.2 Å². The van der Waals surface area contributed by atoms with E-state index in [4.69, 9.17) is 0 Å². The Hall–Kier alpha value is -1.43. The highest BCUT2D eigenvalue weighted by molar-refractivity contribution is 6.15. The Morgan fingerprint density at radius 1 is 1.11 bits per heavy atom. The fourth-order valence-corrected chi connectivity index (χ4v) is 2.89. The number of carbonyl (C=O) groups is 3. The molecule has 0 aliphatic carbocycles. The molecule has 2 saturated heterocycles. The van der Waals surface area contributed by atoms with E-state index in [0.29, 0.717) is 12.5 Å². The third kappa shape index (κ3) is 1.80. The maximum absolute atomic E-state index is 12.2. The van der Waals surface area contributed by atoms with Gasteiger partial charge in [0.15, 0.2) is 0 Å². The van der Waals surface area contributed by atoms with Crippen LogP contribution in [0.4, 0.5) is 4.79 Å². The number of carbonyl (C=O) groups excluding carboxylic acids is 3. The van der Waals surface area contributed by atoms with Crippen molar-refractivity contribution in [1.29, 1.82) is 0 Å². The van der Waals surface area contributed by atoms with Gasteiger partial charge in [-0.1, -0.05) is 13.3 Å². The lowest BCUT2D eigenvalue weighted by atomic mass is 9.80. The zero-order valence-electron chi connectivity index (χ0n) is 11.0. The van der Waals surface area contributed by atoms with E-state index >= 15 is 0 Å². The van der Waals surface area contributed by atoms with Crippen LogP contribution in [0.5, 0.6) is 0 Å². The molecule has 2 rings (SSSR count). The van der Waals surface area contributed by atoms with Gasteiger partial charge in [0, 0.05) is 14.1 Å². The fraction of sp³-hybridized carbons (Fsp3) is 0.750. The average molecular weight is 253 g/mol. The molecule has 2 aliphatic rings. The second kappa shape index (κ2) is 4.68. The van der Waals surface area contributed by atoms with Crippen LogP contribution in [0, 0.1) is 17.8 Å². The molecule has 0 radical (unpaired) electrons. The Labute approximate surface area is 106 Å². The fourth-order valence-electron chi connectivity index (χ4n) is 2.89. The minimum absolute atomic E-state index is 0.00648. The number of rotatable bonds is 2. The van der Waals surface area contributed by atoms with Gasteiger partial charge in [0.2, 0.25) is 11.8 Å². The summed E-state index contributed by atoms with van der Waals surface area (Å²) in [5, 5.41) is 3.23. The smallest absolute Gasteiger partial charge is 0.316 e. The van der Waals surface area contributed by atoms with E-state index in [1.165, 1.54) is 14.1 Å². The molecule has 18 heavy (non-hydrogen) atoms. The predicted octanol–water partition coefficient (Wildman–Crippen LogP) is -0.101. The van der Waals surface area contributed by atoms with Crippen LogP contribution < -0.4 is 5.32 Å². The molecular formula is C12H19N3O3. The van der Waals surface area contributed by atoms with Gasteiger partial charge in [-0.25, -0.2) is 4.79 Å². The van der Waals surface area contributed by atoms with Gasteiger partial charge >= 0.3 is 6.03 Å². The summed E-state index contributed by atoms with van der Waals surface area (Å²) >= 11 is 0. The van der Waals surface area contributed by atoms with Crippen molar-refractivity contribution < 1.29 is 14.4 Å². The molecular weight excluding hydrogens is 234 g/mol. The molecule has 0 bridgehead atoms. The molecule has 1 N–H and O–H groups in total. The zero-order valence-corrected chi connectivity index (χ0v) is 11.0. The highest BCUT2D eigenvalue weighted by Crippen LogP contribution is 2.32. The monoisotopic (exact) mass is 253 g/mol. The normalized spacial score (nSPS) is 30.5. The number of nitrogens with zero attached hydrogens (tertiary/aromatic N) is 2. The van der Waals surface area contributed by atoms with Crippen molar-refractivity contribution in [1.82, 2.24) is 15.1 Å². The third-order valence-electron chi connectivity index (χ3n) is 4.11. The van der Waals surface area contributed by atoms with Gasteiger partial charge in [-0.2, -0.15) is 0 Å². The van der Waals surface area contributed by atoms with E-state index < -0.39 is 11.9 Å². The minimum atomic E-state index is -0.711. The molecule has 4 amide bonds. The number of imide groups is 2. The molecule has 2 heterocycles. The van der Waals surface area contributed by atoms with E-state index in [1.807, 2.05) is 0 Å². The predicted molar refractivity (Wildman–Crippen MR) is 64.6 cm³/mol. The van der Waals surface area contributed by atoms with Gasteiger partial charge in [0.05, 0.1) is 0 Å². The second-order valence-electron chi connectivity index (χ2n) is 5.05. The van der Waals surface area contributed by atoms with Gasteiger partial charge in [0.1, 0.15) is 5.92 Å². The molecule has 0 aromatic heterocycles. The first-order valence-corrected chi connectivity index (χ1v) is 6.28. The van der Waals surface area contributed by atoms with Crippen molar-refractivity contribution in [3.8, 4) is 0 Å². The summed E-state index contributed by atoms with van der Waals surface area (Å²) in [5.74, 6) is -1.13. The van der Waals surface area contributed by atoms with Crippen LogP contribution in [0.2, 0.25) is 0 Å². The summed E-state index contributed by atoms with van der Waals surface area (Å²) in [6.45, 7) is 3.55. The van der Waals surface area contributed by atoms with Crippen molar-refractivity contribution in [2.24, 2.45) is 17.8 Å². The number of hydrogen-bond acceptors (Lipinski definition) is 4. The summed E-state index contributed by atoms with van der Waals surface area (Å²) in [6, 6.07) is -0.541. The van der Waals surface area contributed by atoms with Crippen molar-refractivity contribution in [3.63, 3.8) is 0 Å². The van der Waals surface area contributed by atoms with Gasteiger partial charge in [0.25, 0.3) is 0 Å². The van der Waals surface area contributed by atoms with Crippen LogP contribution in [-0.4, -0.2) is 54.8 Å². The molecule has 6 heteroatoms. The van der Waals surface area contributed by atoms with E-state index in [2.05, 4.69) is 12.2 Å². The lowest BCUT2D eigenvalue weighted by Crippen LogP contribution is -2.59. The Morgan fingerprint density at radius 3 is 2.17 bits per heavy atom. The van der Waals surface area contributed by atoms with Crippen LogP contribution in [0.25, 0.3) is 0 Å². The van der Waals surface area contributed by atoms with Gasteiger partial charge in [-0.05, 0) is 24.9 Å². The highest BCUT2D eigenvalue weighted by Gasteiger charge is 2.49.